The minimum absolute atomic E-state index is 0. The van der Waals surface area contributed by atoms with Crippen LogP contribution in [0.4, 0.5) is 0 Å². The summed E-state index contributed by atoms with van der Waals surface area (Å²) in [5, 5.41) is 9.83. The predicted molar refractivity (Wildman–Crippen MR) is 37.2 cm³/mol. The van der Waals surface area contributed by atoms with Crippen molar-refractivity contribution in [1.29, 1.82) is 0 Å². The van der Waals surface area contributed by atoms with Gasteiger partial charge < -0.3 is 9.90 Å². The van der Waals surface area contributed by atoms with Gasteiger partial charge in [-0.2, -0.15) is 11.8 Å². The first-order chi connectivity index (χ1) is 4.27. The van der Waals surface area contributed by atoms with Gasteiger partial charge in [-0.3, -0.25) is 0 Å². The number of thioether (sulfide) groups is 1. The SMILES string of the molecule is CCCCSCC(=O)[O-].[Na+]. The number of carbonyl (C=O) groups excluding carboxylic acids is 1. The quantitative estimate of drug-likeness (QED) is 0.332. The summed E-state index contributed by atoms with van der Waals surface area (Å²) in [7, 11) is 0. The Morgan fingerprint density at radius 2 is 2.20 bits per heavy atom. The summed E-state index contributed by atoms with van der Waals surface area (Å²) in [5.74, 6) is 0.112. The molecule has 0 aromatic rings. The third-order valence-corrected chi connectivity index (χ3v) is 1.88. The van der Waals surface area contributed by atoms with Crippen molar-refractivity contribution in [2.75, 3.05) is 11.5 Å². The van der Waals surface area contributed by atoms with Crippen LogP contribution in [0.3, 0.4) is 0 Å². The van der Waals surface area contributed by atoms with E-state index in [2.05, 4.69) is 6.92 Å². The molecule has 54 valence electrons. The maximum atomic E-state index is 9.83. The van der Waals surface area contributed by atoms with Crippen molar-refractivity contribution in [2.45, 2.75) is 19.8 Å². The number of unbranched alkanes of at least 4 members (excludes halogenated alkanes) is 1. The molecule has 0 saturated carbocycles. The third kappa shape index (κ3) is 11.6. The van der Waals surface area contributed by atoms with E-state index in [0.29, 0.717) is 0 Å². The summed E-state index contributed by atoms with van der Waals surface area (Å²) < 4.78 is 0. The Labute approximate surface area is 88.1 Å². The minimum Gasteiger partial charge on any atom is -0.549 e. The summed E-state index contributed by atoms with van der Waals surface area (Å²) in [6, 6.07) is 0. The van der Waals surface area contributed by atoms with Crippen LogP contribution in [-0.2, 0) is 4.79 Å². The summed E-state index contributed by atoms with van der Waals surface area (Å²) in [5.41, 5.74) is 0. The van der Waals surface area contributed by atoms with Crippen LogP contribution in [0, 0.1) is 0 Å². The van der Waals surface area contributed by atoms with E-state index in [1.165, 1.54) is 11.8 Å². The van der Waals surface area contributed by atoms with Crippen LogP contribution in [0.2, 0.25) is 0 Å². The van der Waals surface area contributed by atoms with Crippen LogP contribution in [-0.4, -0.2) is 17.5 Å². The smallest absolute Gasteiger partial charge is 0.549 e. The molecule has 4 heteroatoms. The van der Waals surface area contributed by atoms with E-state index in [4.69, 9.17) is 0 Å². The summed E-state index contributed by atoms with van der Waals surface area (Å²) >= 11 is 1.42. The number of carboxylic acid groups (broad SMARTS) is 1. The number of hydrogen-bond donors (Lipinski definition) is 0. The molecule has 0 heterocycles. The first-order valence-electron chi connectivity index (χ1n) is 3.05. The molecule has 0 aliphatic rings. The van der Waals surface area contributed by atoms with E-state index in [9.17, 15) is 9.90 Å². The number of rotatable bonds is 5. The zero-order valence-corrected chi connectivity index (χ0v) is 9.37. The largest absolute Gasteiger partial charge is 1.00 e. The molecule has 0 atom stereocenters. The standard InChI is InChI=1S/C6H12O2S.Na/c1-2-3-4-9-5-6(7)8;/h2-5H2,1H3,(H,7,8);/q;+1/p-1. The van der Waals surface area contributed by atoms with Crippen molar-refractivity contribution in [3.63, 3.8) is 0 Å². The Bertz CT molecular complexity index is 87.8. The molecule has 2 nitrogen and oxygen atoms in total. The molecule has 0 fully saturated rings. The number of hydrogen-bond acceptors (Lipinski definition) is 3. The molecule has 0 bridgehead atoms. The van der Waals surface area contributed by atoms with Gasteiger partial charge in [0.05, 0.1) is 5.97 Å². The van der Waals surface area contributed by atoms with Crippen LogP contribution < -0.4 is 34.7 Å². The van der Waals surface area contributed by atoms with Gasteiger partial charge >= 0.3 is 29.6 Å². The number of carboxylic acids is 1. The predicted octanol–water partition coefficient (Wildman–Crippen LogP) is -2.73. The molecular formula is C6H11NaO2S. The summed E-state index contributed by atoms with van der Waals surface area (Å²) in [4.78, 5) is 9.83. The summed E-state index contributed by atoms with van der Waals surface area (Å²) in [6.45, 7) is 2.08. The molecule has 10 heavy (non-hydrogen) atoms. The fraction of sp³-hybridized carbons (Fsp3) is 0.833. The van der Waals surface area contributed by atoms with Gasteiger partial charge in [0.2, 0.25) is 0 Å². The second kappa shape index (κ2) is 9.82. The fourth-order valence-corrected chi connectivity index (χ4v) is 1.21. The number of carbonyl (C=O) groups is 1. The van der Waals surface area contributed by atoms with Crippen LogP contribution in [0.25, 0.3) is 0 Å². The van der Waals surface area contributed by atoms with E-state index >= 15 is 0 Å². The van der Waals surface area contributed by atoms with Crippen LogP contribution in [0.5, 0.6) is 0 Å². The fourth-order valence-electron chi connectivity index (χ4n) is 0.402. The summed E-state index contributed by atoms with van der Waals surface area (Å²) in [6.07, 6.45) is 2.22. The second-order valence-electron chi connectivity index (χ2n) is 1.78. The maximum Gasteiger partial charge on any atom is 1.00 e. The molecule has 0 aliphatic heterocycles. The third-order valence-electron chi connectivity index (χ3n) is 0.862. The minimum atomic E-state index is -0.962. The van der Waals surface area contributed by atoms with Gasteiger partial charge in [-0.15, -0.1) is 0 Å². The molecule has 0 aromatic heterocycles. The van der Waals surface area contributed by atoms with Gasteiger partial charge in [0.1, 0.15) is 0 Å². The van der Waals surface area contributed by atoms with Crippen molar-refractivity contribution in [3.8, 4) is 0 Å². The van der Waals surface area contributed by atoms with Gasteiger partial charge in [-0.1, -0.05) is 13.3 Å². The molecule has 0 saturated heterocycles. The Morgan fingerprint density at radius 1 is 1.60 bits per heavy atom. The van der Waals surface area contributed by atoms with E-state index in [1.807, 2.05) is 0 Å². The first kappa shape index (κ1) is 13.4. The number of aliphatic carboxylic acids is 1. The molecular weight excluding hydrogens is 159 g/mol. The zero-order chi connectivity index (χ0) is 7.11. The van der Waals surface area contributed by atoms with Crippen LogP contribution in [0.15, 0.2) is 0 Å². The molecule has 0 radical (unpaired) electrons. The van der Waals surface area contributed by atoms with E-state index in [0.717, 1.165) is 18.6 Å². The molecule has 0 unspecified atom stereocenters. The Balaban J connectivity index is 0. The molecule has 0 amide bonds. The molecule has 0 N–H and O–H groups in total. The van der Waals surface area contributed by atoms with Crippen molar-refractivity contribution in [1.82, 2.24) is 0 Å². The van der Waals surface area contributed by atoms with Gasteiger partial charge in [-0.25, -0.2) is 0 Å². The molecule has 0 aliphatic carbocycles. The van der Waals surface area contributed by atoms with E-state index in [1.54, 1.807) is 0 Å². The first-order valence-corrected chi connectivity index (χ1v) is 4.20. The Hall–Kier alpha value is 0.820. The van der Waals surface area contributed by atoms with Crippen molar-refractivity contribution in [3.05, 3.63) is 0 Å². The van der Waals surface area contributed by atoms with E-state index < -0.39 is 5.97 Å². The van der Waals surface area contributed by atoms with Crippen molar-refractivity contribution >= 4 is 17.7 Å². The van der Waals surface area contributed by atoms with Gasteiger partial charge in [-0.05, 0) is 12.2 Å². The van der Waals surface area contributed by atoms with E-state index in [-0.39, 0.29) is 35.3 Å². The molecule has 0 spiro atoms. The average Bonchev–Trinajstić information content (AvgIpc) is 1.80. The second-order valence-corrected chi connectivity index (χ2v) is 2.88. The Kier molecular flexibility index (Phi) is 13.2. The van der Waals surface area contributed by atoms with Gasteiger partial charge in [0, 0.05) is 5.75 Å². The average molecular weight is 170 g/mol. The monoisotopic (exact) mass is 170 g/mol. The van der Waals surface area contributed by atoms with Crippen molar-refractivity contribution in [2.24, 2.45) is 0 Å². The van der Waals surface area contributed by atoms with Gasteiger partial charge in [0.15, 0.2) is 0 Å². The molecule has 0 aromatic carbocycles. The van der Waals surface area contributed by atoms with Crippen molar-refractivity contribution < 1.29 is 39.5 Å². The van der Waals surface area contributed by atoms with Crippen LogP contribution >= 0.6 is 11.8 Å². The topological polar surface area (TPSA) is 40.1 Å². The van der Waals surface area contributed by atoms with Gasteiger partial charge in [0.25, 0.3) is 0 Å². The van der Waals surface area contributed by atoms with Crippen LogP contribution in [0.1, 0.15) is 19.8 Å². The maximum absolute atomic E-state index is 9.83. The molecule has 0 rings (SSSR count). The Morgan fingerprint density at radius 3 is 2.60 bits per heavy atom. The zero-order valence-electron chi connectivity index (χ0n) is 6.55. The normalized spacial score (nSPS) is 8.50.